The quantitative estimate of drug-likeness (QED) is 0.786. The van der Waals surface area contributed by atoms with Crippen molar-refractivity contribution in [1.29, 1.82) is 0 Å². The molecule has 0 aromatic rings. The molecule has 21 heavy (non-hydrogen) atoms. The molecule has 1 fully saturated rings. The van der Waals surface area contributed by atoms with E-state index in [2.05, 4.69) is 32.6 Å². The fourth-order valence-corrected chi connectivity index (χ4v) is 3.56. The van der Waals surface area contributed by atoms with Crippen LogP contribution < -0.4 is 0 Å². The molecule has 1 amide bonds. The predicted molar refractivity (Wildman–Crippen MR) is 87.2 cm³/mol. The van der Waals surface area contributed by atoms with Gasteiger partial charge < -0.3 is 10.0 Å². The summed E-state index contributed by atoms with van der Waals surface area (Å²) in [6.45, 7) is 11.1. The number of rotatable bonds is 7. The first-order valence-electron chi connectivity index (χ1n) is 8.56. The van der Waals surface area contributed by atoms with Gasteiger partial charge in [-0.05, 0) is 47.5 Å². The summed E-state index contributed by atoms with van der Waals surface area (Å²) >= 11 is 0. The van der Waals surface area contributed by atoms with E-state index >= 15 is 0 Å². The Bertz CT molecular complexity index is 302. The van der Waals surface area contributed by atoms with Crippen molar-refractivity contribution in [3.05, 3.63) is 0 Å². The van der Waals surface area contributed by atoms with E-state index in [1.54, 1.807) is 0 Å². The number of nitrogens with zero attached hydrogens (tertiary/aromatic N) is 2. The van der Waals surface area contributed by atoms with Crippen molar-refractivity contribution in [2.45, 2.75) is 91.0 Å². The molecule has 1 saturated carbocycles. The maximum absolute atomic E-state index is 12.7. The van der Waals surface area contributed by atoms with Crippen molar-refractivity contribution in [3.8, 4) is 0 Å². The van der Waals surface area contributed by atoms with Gasteiger partial charge in [-0.1, -0.05) is 19.3 Å². The largest absolute Gasteiger partial charge is 0.392 e. The van der Waals surface area contributed by atoms with E-state index in [0.717, 1.165) is 12.8 Å². The number of amides is 1. The molecule has 1 aliphatic rings. The second-order valence-corrected chi connectivity index (χ2v) is 7.06. The third-order valence-electron chi connectivity index (χ3n) is 4.33. The standard InChI is InChI=1S/C17H34N2O2/c1-13(2)19(14(3)4)17(21)12-18(11-15(5)20)16-9-7-6-8-10-16/h13-16,20H,6-12H2,1-5H3. The second kappa shape index (κ2) is 8.74. The Kier molecular flexibility index (Phi) is 7.67. The van der Waals surface area contributed by atoms with Crippen LogP contribution in [0.2, 0.25) is 0 Å². The van der Waals surface area contributed by atoms with Crippen molar-refractivity contribution < 1.29 is 9.90 Å². The molecule has 0 aromatic carbocycles. The topological polar surface area (TPSA) is 43.8 Å². The van der Waals surface area contributed by atoms with Crippen molar-refractivity contribution in [3.63, 3.8) is 0 Å². The van der Waals surface area contributed by atoms with E-state index < -0.39 is 0 Å². The molecule has 1 rings (SSSR count). The summed E-state index contributed by atoms with van der Waals surface area (Å²) in [7, 11) is 0. The highest BCUT2D eigenvalue weighted by molar-refractivity contribution is 5.78. The van der Waals surface area contributed by atoms with Gasteiger partial charge >= 0.3 is 0 Å². The van der Waals surface area contributed by atoms with Gasteiger partial charge in [0.2, 0.25) is 5.91 Å². The Labute approximate surface area is 130 Å². The lowest BCUT2D eigenvalue weighted by Gasteiger charge is -2.38. The van der Waals surface area contributed by atoms with Crippen LogP contribution in [0.3, 0.4) is 0 Å². The lowest BCUT2D eigenvalue weighted by Crippen LogP contribution is -2.51. The second-order valence-electron chi connectivity index (χ2n) is 7.06. The van der Waals surface area contributed by atoms with Gasteiger partial charge in [0.05, 0.1) is 12.6 Å². The summed E-state index contributed by atoms with van der Waals surface area (Å²) in [4.78, 5) is 16.8. The van der Waals surface area contributed by atoms with E-state index in [-0.39, 0.29) is 24.1 Å². The predicted octanol–water partition coefficient (Wildman–Crippen LogP) is 2.65. The van der Waals surface area contributed by atoms with Crippen LogP contribution in [0, 0.1) is 0 Å². The molecule has 4 nitrogen and oxygen atoms in total. The first-order valence-corrected chi connectivity index (χ1v) is 8.56. The van der Waals surface area contributed by atoms with E-state index in [0.29, 0.717) is 19.1 Å². The molecule has 1 atom stereocenters. The van der Waals surface area contributed by atoms with E-state index in [9.17, 15) is 9.90 Å². The van der Waals surface area contributed by atoms with Crippen molar-refractivity contribution in [2.75, 3.05) is 13.1 Å². The first kappa shape index (κ1) is 18.4. The normalized spacial score (nSPS) is 18.5. The van der Waals surface area contributed by atoms with Gasteiger partial charge in [-0.3, -0.25) is 9.69 Å². The smallest absolute Gasteiger partial charge is 0.237 e. The molecule has 0 bridgehead atoms. The van der Waals surface area contributed by atoms with Gasteiger partial charge in [-0.15, -0.1) is 0 Å². The van der Waals surface area contributed by atoms with Gasteiger partial charge in [0.1, 0.15) is 0 Å². The van der Waals surface area contributed by atoms with Crippen LogP contribution in [0.25, 0.3) is 0 Å². The van der Waals surface area contributed by atoms with Crippen LogP contribution in [-0.4, -0.2) is 58.1 Å². The minimum atomic E-state index is -0.383. The number of aliphatic hydroxyl groups excluding tert-OH is 1. The average molecular weight is 298 g/mol. The van der Waals surface area contributed by atoms with Crippen molar-refractivity contribution >= 4 is 5.91 Å². The van der Waals surface area contributed by atoms with Crippen LogP contribution >= 0.6 is 0 Å². The van der Waals surface area contributed by atoms with Crippen LogP contribution in [0.1, 0.15) is 66.7 Å². The molecule has 0 aromatic heterocycles. The molecule has 0 heterocycles. The maximum Gasteiger partial charge on any atom is 0.237 e. The Hall–Kier alpha value is -0.610. The number of aliphatic hydroxyl groups is 1. The third kappa shape index (κ3) is 5.95. The molecule has 124 valence electrons. The minimum absolute atomic E-state index is 0.186. The van der Waals surface area contributed by atoms with Gasteiger partial charge in [0.25, 0.3) is 0 Å². The van der Waals surface area contributed by atoms with Gasteiger partial charge in [0.15, 0.2) is 0 Å². The number of carbonyl (C=O) groups excluding carboxylic acids is 1. The molecular formula is C17H34N2O2. The lowest BCUT2D eigenvalue weighted by molar-refractivity contribution is -0.137. The fraction of sp³-hybridized carbons (Fsp3) is 0.941. The summed E-state index contributed by atoms with van der Waals surface area (Å²) in [6.07, 6.45) is 5.72. The zero-order valence-corrected chi connectivity index (χ0v) is 14.5. The number of carbonyl (C=O) groups is 1. The molecule has 0 saturated heterocycles. The summed E-state index contributed by atoms with van der Waals surface area (Å²) in [5.74, 6) is 0.186. The zero-order valence-electron chi connectivity index (χ0n) is 14.5. The molecule has 1 N–H and O–H groups in total. The van der Waals surface area contributed by atoms with Crippen LogP contribution in [0.4, 0.5) is 0 Å². The summed E-state index contributed by atoms with van der Waals surface area (Å²) in [5.41, 5.74) is 0. The van der Waals surface area contributed by atoms with Gasteiger partial charge in [-0.25, -0.2) is 0 Å². The van der Waals surface area contributed by atoms with Gasteiger partial charge in [-0.2, -0.15) is 0 Å². The molecular weight excluding hydrogens is 264 g/mol. The van der Waals surface area contributed by atoms with Gasteiger partial charge in [0, 0.05) is 24.7 Å². The number of hydrogen-bond donors (Lipinski definition) is 1. The fourth-order valence-electron chi connectivity index (χ4n) is 3.56. The molecule has 0 aliphatic heterocycles. The Morgan fingerprint density at radius 1 is 1.05 bits per heavy atom. The number of hydrogen-bond acceptors (Lipinski definition) is 3. The van der Waals surface area contributed by atoms with Crippen molar-refractivity contribution in [1.82, 2.24) is 9.80 Å². The molecule has 4 heteroatoms. The van der Waals surface area contributed by atoms with Crippen molar-refractivity contribution in [2.24, 2.45) is 0 Å². The van der Waals surface area contributed by atoms with Crippen LogP contribution in [-0.2, 0) is 4.79 Å². The van der Waals surface area contributed by atoms with Crippen LogP contribution in [0.5, 0.6) is 0 Å². The third-order valence-corrected chi connectivity index (χ3v) is 4.33. The highest BCUT2D eigenvalue weighted by Gasteiger charge is 2.27. The summed E-state index contributed by atoms with van der Waals surface area (Å²) in [6, 6.07) is 0.896. The summed E-state index contributed by atoms with van der Waals surface area (Å²) in [5, 5.41) is 9.76. The Balaban J connectivity index is 2.72. The molecule has 0 radical (unpaired) electrons. The Morgan fingerprint density at radius 3 is 2.00 bits per heavy atom. The van der Waals surface area contributed by atoms with Crippen LogP contribution in [0.15, 0.2) is 0 Å². The highest BCUT2D eigenvalue weighted by Crippen LogP contribution is 2.23. The first-order chi connectivity index (χ1) is 9.82. The van der Waals surface area contributed by atoms with E-state index in [1.165, 1.54) is 19.3 Å². The minimum Gasteiger partial charge on any atom is -0.392 e. The maximum atomic E-state index is 12.7. The lowest BCUT2D eigenvalue weighted by atomic mass is 9.94. The molecule has 1 aliphatic carbocycles. The van der Waals surface area contributed by atoms with E-state index in [4.69, 9.17) is 0 Å². The molecule has 1 unspecified atom stereocenters. The summed E-state index contributed by atoms with van der Waals surface area (Å²) < 4.78 is 0. The zero-order chi connectivity index (χ0) is 16.0. The average Bonchev–Trinajstić information content (AvgIpc) is 2.37. The molecule has 0 spiro atoms. The van der Waals surface area contributed by atoms with E-state index in [1.807, 2.05) is 11.8 Å². The Morgan fingerprint density at radius 2 is 1.57 bits per heavy atom. The monoisotopic (exact) mass is 298 g/mol. The SMILES string of the molecule is CC(O)CN(CC(=O)N(C(C)C)C(C)C)C1CCCCC1. The highest BCUT2D eigenvalue weighted by atomic mass is 16.3.